The van der Waals surface area contributed by atoms with Crippen molar-refractivity contribution in [2.45, 2.75) is 31.7 Å². The predicted molar refractivity (Wildman–Crippen MR) is 65.1 cm³/mol. The third-order valence-corrected chi connectivity index (χ3v) is 6.83. The number of hydrogen-bond acceptors (Lipinski definition) is 3. The van der Waals surface area contributed by atoms with E-state index in [0.717, 1.165) is 24.3 Å². The van der Waals surface area contributed by atoms with Crippen LogP contribution < -0.4 is 0 Å². The predicted octanol–water partition coefficient (Wildman–Crippen LogP) is 2.61. The Hall–Kier alpha value is -0.163. The molecular formula is C12H22O3Si. The Morgan fingerprint density at radius 1 is 1.19 bits per heavy atom. The molecule has 1 saturated carbocycles. The summed E-state index contributed by atoms with van der Waals surface area (Å²) in [5, 5.41) is 0. The van der Waals surface area contributed by atoms with Gasteiger partial charge in [0.25, 0.3) is 0 Å². The van der Waals surface area contributed by atoms with Gasteiger partial charge in [-0.3, -0.25) is 0 Å². The van der Waals surface area contributed by atoms with Gasteiger partial charge in [0.1, 0.15) is 0 Å². The highest BCUT2D eigenvalue weighted by atomic mass is 28.4. The Bertz CT molecular complexity index is 265. The third kappa shape index (κ3) is 2.25. The maximum Gasteiger partial charge on any atom is 0.500 e. The van der Waals surface area contributed by atoms with E-state index >= 15 is 0 Å². The first-order chi connectivity index (χ1) is 7.73. The second-order valence-corrected chi connectivity index (χ2v) is 7.90. The molecule has 2 unspecified atom stereocenters. The zero-order chi connectivity index (χ0) is 11.6. The van der Waals surface area contributed by atoms with E-state index in [1.807, 2.05) is 0 Å². The summed E-state index contributed by atoms with van der Waals surface area (Å²) in [6.07, 6.45) is 7.74. The minimum absolute atomic E-state index is 0.849. The van der Waals surface area contributed by atoms with Crippen molar-refractivity contribution in [3.05, 3.63) is 11.6 Å². The lowest BCUT2D eigenvalue weighted by Crippen LogP contribution is -2.42. The summed E-state index contributed by atoms with van der Waals surface area (Å²) in [4.78, 5) is 0. The Labute approximate surface area is 99.1 Å². The molecule has 0 radical (unpaired) electrons. The van der Waals surface area contributed by atoms with Crippen molar-refractivity contribution < 1.29 is 13.3 Å². The number of rotatable bonds is 6. The van der Waals surface area contributed by atoms with Crippen molar-refractivity contribution >= 4 is 8.80 Å². The minimum Gasteiger partial charge on any atom is -0.377 e. The largest absolute Gasteiger partial charge is 0.500 e. The highest BCUT2D eigenvalue weighted by Gasteiger charge is 2.39. The van der Waals surface area contributed by atoms with Crippen molar-refractivity contribution in [3.8, 4) is 0 Å². The van der Waals surface area contributed by atoms with E-state index in [1.165, 1.54) is 19.3 Å². The molecule has 2 aliphatic rings. The van der Waals surface area contributed by atoms with E-state index in [9.17, 15) is 0 Å². The van der Waals surface area contributed by atoms with Gasteiger partial charge in [-0.25, -0.2) is 0 Å². The van der Waals surface area contributed by atoms with E-state index in [-0.39, 0.29) is 0 Å². The van der Waals surface area contributed by atoms with E-state index in [1.54, 1.807) is 26.9 Å². The van der Waals surface area contributed by atoms with Crippen LogP contribution >= 0.6 is 0 Å². The molecule has 92 valence electrons. The lowest BCUT2D eigenvalue weighted by atomic mass is 9.97. The van der Waals surface area contributed by atoms with Gasteiger partial charge in [0.2, 0.25) is 0 Å². The monoisotopic (exact) mass is 242 g/mol. The molecule has 1 fully saturated rings. The third-order valence-electron chi connectivity index (χ3n) is 4.10. The van der Waals surface area contributed by atoms with Crippen LogP contribution in [0.5, 0.6) is 0 Å². The van der Waals surface area contributed by atoms with Crippen LogP contribution in [-0.2, 0) is 13.3 Å². The molecule has 0 amide bonds. The molecule has 16 heavy (non-hydrogen) atoms. The second-order valence-electron chi connectivity index (χ2n) is 4.81. The van der Waals surface area contributed by atoms with Crippen LogP contribution in [0.3, 0.4) is 0 Å². The molecule has 0 N–H and O–H groups in total. The molecule has 0 spiro atoms. The fourth-order valence-electron chi connectivity index (χ4n) is 3.08. The Kier molecular flexibility index (Phi) is 3.84. The van der Waals surface area contributed by atoms with Gasteiger partial charge >= 0.3 is 8.80 Å². The number of fused-ring (bicyclic) bond motifs is 2. The van der Waals surface area contributed by atoms with E-state index < -0.39 is 8.80 Å². The zero-order valence-corrected chi connectivity index (χ0v) is 11.5. The van der Waals surface area contributed by atoms with Crippen molar-refractivity contribution in [2.75, 3.05) is 21.3 Å². The van der Waals surface area contributed by atoms with Crippen molar-refractivity contribution in [2.24, 2.45) is 11.8 Å². The van der Waals surface area contributed by atoms with Crippen LogP contribution in [0.4, 0.5) is 0 Å². The lowest BCUT2D eigenvalue weighted by Gasteiger charge is -2.25. The first-order valence-corrected chi connectivity index (χ1v) is 8.02. The fourth-order valence-corrected chi connectivity index (χ4v) is 4.79. The van der Waals surface area contributed by atoms with E-state index in [2.05, 4.69) is 6.08 Å². The summed E-state index contributed by atoms with van der Waals surface area (Å²) in [7, 11) is 2.71. The zero-order valence-electron chi connectivity index (χ0n) is 10.5. The molecule has 0 heterocycles. The molecule has 4 heteroatoms. The molecular weight excluding hydrogens is 220 g/mol. The van der Waals surface area contributed by atoms with Crippen LogP contribution in [0.15, 0.2) is 11.6 Å². The Morgan fingerprint density at radius 3 is 2.31 bits per heavy atom. The quantitative estimate of drug-likeness (QED) is 0.529. The first-order valence-electron chi connectivity index (χ1n) is 6.09. The van der Waals surface area contributed by atoms with Gasteiger partial charge in [0.05, 0.1) is 0 Å². The first kappa shape index (κ1) is 12.3. The molecule has 0 aliphatic heterocycles. The summed E-state index contributed by atoms with van der Waals surface area (Å²) in [6, 6.07) is 0.908. The molecule has 2 atom stereocenters. The Balaban J connectivity index is 1.89. The number of allylic oxidation sites excluding steroid dienone is 2. The van der Waals surface area contributed by atoms with Crippen LogP contribution in [0.2, 0.25) is 6.04 Å². The molecule has 2 rings (SSSR count). The summed E-state index contributed by atoms with van der Waals surface area (Å²) < 4.78 is 16.3. The average Bonchev–Trinajstić information content (AvgIpc) is 2.93. The smallest absolute Gasteiger partial charge is 0.377 e. The van der Waals surface area contributed by atoms with Gasteiger partial charge < -0.3 is 13.3 Å². The highest BCUT2D eigenvalue weighted by Crippen LogP contribution is 2.45. The van der Waals surface area contributed by atoms with Crippen molar-refractivity contribution in [1.82, 2.24) is 0 Å². The van der Waals surface area contributed by atoms with Gasteiger partial charge in [-0.1, -0.05) is 11.6 Å². The molecule has 2 bridgehead atoms. The molecule has 0 aromatic rings. The molecule has 0 aromatic carbocycles. The summed E-state index contributed by atoms with van der Waals surface area (Å²) in [5.41, 5.74) is 1.62. The van der Waals surface area contributed by atoms with Gasteiger partial charge in [-0.05, 0) is 37.5 Å². The lowest BCUT2D eigenvalue weighted by molar-refractivity contribution is 0.123. The standard InChI is InChI=1S/C12H22O3Si/c1-13-16(14-2,15-3)7-6-12-9-10-4-5-11(12)8-10/h9-11H,4-8H2,1-3H3. The fraction of sp³-hybridized carbons (Fsp3) is 0.833. The van der Waals surface area contributed by atoms with Gasteiger partial charge in [0.15, 0.2) is 0 Å². The van der Waals surface area contributed by atoms with Gasteiger partial charge in [-0.2, -0.15) is 0 Å². The summed E-state index contributed by atoms with van der Waals surface area (Å²) in [6.45, 7) is 0. The minimum atomic E-state index is -2.35. The van der Waals surface area contributed by atoms with Crippen molar-refractivity contribution in [1.29, 1.82) is 0 Å². The van der Waals surface area contributed by atoms with Crippen LogP contribution in [0.1, 0.15) is 25.7 Å². The maximum atomic E-state index is 5.44. The van der Waals surface area contributed by atoms with Gasteiger partial charge in [-0.15, -0.1) is 0 Å². The van der Waals surface area contributed by atoms with Gasteiger partial charge in [0, 0.05) is 27.4 Å². The molecule has 3 nitrogen and oxygen atoms in total. The molecule has 0 saturated heterocycles. The summed E-state index contributed by atoms with van der Waals surface area (Å²) in [5.74, 6) is 1.71. The number of hydrogen-bond donors (Lipinski definition) is 0. The SMILES string of the molecule is CO[Si](CCC1=CC2CCC1C2)(OC)OC. The maximum absolute atomic E-state index is 5.44. The normalized spacial score (nSPS) is 28.6. The highest BCUT2D eigenvalue weighted by molar-refractivity contribution is 6.60. The van der Waals surface area contributed by atoms with Crippen LogP contribution in [0, 0.1) is 11.8 Å². The molecule has 2 aliphatic carbocycles. The Morgan fingerprint density at radius 2 is 1.88 bits per heavy atom. The average molecular weight is 242 g/mol. The van der Waals surface area contributed by atoms with Crippen molar-refractivity contribution in [3.63, 3.8) is 0 Å². The van der Waals surface area contributed by atoms with E-state index in [4.69, 9.17) is 13.3 Å². The molecule has 0 aromatic heterocycles. The van der Waals surface area contributed by atoms with Crippen LogP contribution in [-0.4, -0.2) is 30.1 Å². The van der Waals surface area contributed by atoms with E-state index in [0.29, 0.717) is 0 Å². The van der Waals surface area contributed by atoms with Crippen LogP contribution in [0.25, 0.3) is 0 Å². The second kappa shape index (κ2) is 5.00. The topological polar surface area (TPSA) is 27.7 Å². The summed E-state index contributed by atoms with van der Waals surface area (Å²) >= 11 is 0.